The van der Waals surface area contributed by atoms with E-state index in [9.17, 15) is 33.6 Å². The molecule has 0 unspecified atom stereocenters. The smallest absolute Gasteiger partial charge is 0.326 e. The molecule has 186 valence electrons. The second-order valence-electron chi connectivity index (χ2n) is 7.23. The number of carbonyl (C=O) groups excluding carboxylic acids is 4. The Morgan fingerprint density at radius 1 is 0.667 bits per heavy atom. The molecule has 4 amide bonds. The molecule has 0 radical (unpaired) electrons. The molecule has 0 aliphatic carbocycles. The minimum Gasteiger partial charge on any atom is -0.481 e. The summed E-state index contributed by atoms with van der Waals surface area (Å²) in [5.41, 5.74) is 5.55. The third-order valence-electron chi connectivity index (χ3n) is 4.26. The van der Waals surface area contributed by atoms with Crippen molar-refractivity contribution in [3.63, 3.8) is 0 Å². The molecular weight excluding hydrogens is 446 g/mol. The van der Waals surface area contributed by atoms with Gasteiger partial charge in [-0.3, -0.25) is 28.8 Å². The Bertz CT molecular complexity index is 787. The first-order valence-corrected chi connectivity index (χ1v) is 9.79. The molecule has 0 saturated carbocycles. The van der Waals surface area contributed by atoms with Gasteiger partial charge in [-0.05, 0) is 27.2 Å². The van der Waals surface area contributed by atoms with Crippen LogP contribution < -0.4 is 27.0 Å². The lowest BCUT2D eigenvalue weighted by molar-refractivity contribution is -0.147. The molecule has 9 N–H and O–H groups in total. The Morgan fingerprint density at radius 3 is 1.42 bits per heavy atom. The maximum absolute atomic E-state index is 12.2. The highest BCUT2D eigenvalue weighted by Crippen LogP contribution is 1.98. The van der Waals surface area contributed by atoms with Crippen LogP contribution in [0.15, 0.2) is 0 Å². The van der Waals surface area contributed by atoms with Gasteiger partial charge in [-0.25, -0.2) is 4.79 Å². The Morgan fingerprint density at radius 2 is 1.06 bits per heavy atom. The average Bonchev–Trinajstić information content (AvgIpc) is 2.70. The molecule has 0 rings (SSSR count). The van der Waals surface area contributed by atoms with Crippen LogP contribution in [-0.4, -0.2) is 87.1 Å². The average molecular weight is 475 g/mol. The Labute approximate surface area is 188 Å². The molecule has 0 spiro atoms. The lowest BCUT2D eigenvalue weighted by atomic mass is 10.1. The van der Waals surface area contributed by atoms with Crippen molar-refractivity contribution >= 4 is 41.5 Å². The minimum absolute atomic E-state index is 0.135. The summed E-state index contributed by atoms with van der Waals surface area (Å²) in [4.78, 5) is 80.6. The lowest BCUT2D eigenvalue weighted by Crippen LogP contribution is -2.56. The van der Waals surface area contributed by atoms with Gasteiger partial charge in [-0.15, -0.1) is 0 Å². The molecule has 0 aromatic carbocycles. The van der Waals surface area contributed by atoms with Crippen LogP contribution in [0.3, 0.4) is 0 Å². The van der Waals surface area contributed by atoms with E-state index in [0.29, 0.717) is 0 Å². The first kappa shape index (κ1) is 29.2. The van der Waals surface area contributed by atoms with E-state index in [2.05, 4.69) is 16.0 Å². The first-order chi connectivity index (χ1) is 15.1. The molecule has 0 saturated heterocycles. The van der Waals surface area contributed by atoms with Gasteiger partial charge in [0, 0.05) is 6.42 Å². The van der Waals surface area contributed by atoms with Crippen LogP contribution in [0.4, 0.5) is 0 Å². The molecular formula is C18H29N5O10. The molecule has 0 aliphatic rings. The fourth-order valence-electron chi connectivity index (χ4n) is 2.28. The van der Waals surface area contributed by atoms with E-state index in [-0.39, 0.29) is 12.8 Å². The van der Waals surface area contributed by atoms with Crippen LogP contribution in [0.1, 0.15) is 40.0 Å². The molecule has 0 heterocycles. The molecule has 0 bridgehead atoms. The fourth-order valence-corrected chi connectivity index (χ4v) is 2.28. The highest BCUT2D eigenvalue weighted by atomic mass is 16.4. The zero-order valence-electron chi connectivity index (χ0n) is 18.3. The maximum Gasteiger partial charge on any atom is 0.326 e. The number of rotatable bonds is 14. The van der Waals surface area contributed by atoms with Crippen molar-refractivity contribution in [1.29, 1.82) is 0 Å². The highest BCUT2D eigenvalue weighted by Gasteiger charge is 2.28. The first-order valence-electron chi connectivity index (χ1n) is 9.79. The standard InChI is InChI=1S/C18H29N5O10/c1-7(20-15(29)8(2)22-17(31)10(19)4-5-12(24)25)14(28)21-9(3)16(30)23-11(18(32)33)6-13(26)27/h7-11H,4-6,19H2,1-3H3,(H,20,29)(H,21,28)(H,22,31)(H,23,30)(H,24,25)(H,26,27)(H,32,33)/t7-,8-,9-,10-,11-/m0/s1. The van der Waals surface area contributed by atoms with Crippen LogP contribution in [-0.2, 0) is 33.6 Å². The highest BCUT2D eigenvalue weighted by molar-refractivity contribution is 5.95. The summed E-state index contributed by atoms with van der Waals surface area (Å²) in [6.07, 6.45) is -1.33. The summed E-state index contributed by atoms with van der Waals surface area (Å²) >= 11 is 0. The molecule has 15 heteroatoms. The summed E-state index contributed by atoms with van der Waals surface area (Å²) in [6, 6.07) is -6.37. The SMILES string of the molecule is C[C@H](NC(=O)[C@H](C)NC(=O)[C@@H](N)CCC(=O)O)C(=O)N[C@@H](C)C(=O)N[C@@H](CC(=O)O)C(=O)O. The van der Waals surface area contributed by atoms with Crippen LogP contribution >= 0.6 is 0 Å². The number of amides is 4. The van der Waals surface area contributed by atoms with E-state index in [4.69, 9.17) is 21.1 Å². The van der Waals surface area contributed by atoms with E-state index < -0.39 is 78.2 Å². The van der Waals surface area contributed by atoms with Gasteiger partial charge >= 0.3 is 17.9 Å². The van der Waals surface area contributed by atoms with Crippen LogP contribution in [0.25, 0.3) is 0 Å². The van der Waals surface area contributed by atoms with Crippen molar-refractivity contribution in [2.75, 3.05) is 0 Å². The zero-order valence-corrected chi connectivity index (χ0v) is 18.3. The Balaban J connectivity index is 4.71. The van der Waals surface area contributed by atoms with Crippen molar-refractivity contribution in [3.8, 4) is 0 Å². The second-order valence-corrected chi connectivity index (χ2v) is 7.23. The Kier molecular flexibility index (Phi) is 12.1. The van der Waals surface area contributed by atoms with Gasteiger partial charge < -0.3 is 42.3 Å². The molecule has 0 aromatic heterocycles. The number of carbonyl (C=O) groups is 7. The Hall–Kier alpha value is -3.75. The van der Waals surface area contributed by atoms with E-state index in [1.165, 1.54) is 20.8 Å². The third-order valence-corrected chi connectivity index (χ3v) is 4.26. The van der Waals surface area contributed by atoms with E-state index in [1.807, 2.05) is 5.32 Å². The van der Waals surface area contributed by atoms with Gasteiger partial charge in [-0.1, -0.05) is 0 Å². The number of aliphatic carboxylic acids is 3. The topological polar surface area (TPSA) is 254 Å². The summed E-state index contributed by atoms with van der Waals surface area (Å²) in [5, 5.41) is 35.0. The van der Waals surface area contributed by atoms with Crippen molar-refractivity contribution in [2.24, 2.45) is 5.73 Å². The molecule has 33 heavy (non-hydrogen) atoms. The van der Waals surface area contributed by atoms with E-state index >= 15 is 0 Å². The van der Waals surface area contributed by atoms with Gasteiger partial charge in [0.25, 0.3) is 0 Å². The lowest BCUT2D eigenvalue weighted by Gasteiger charge is -2.22. The van der Waals surface area contributed by atoms with Gasteiger partial charge in [0.05, 0.1) is 12.5 Å². The van der Waals surface area contributed by atoms with Gasteiger partial charge in [0.1, 0.15) is 24.2 Å². The van der Waals surface area contributed by atoms with Crippen molar-refractivity contribution < 1.29 is 48.9 Å². The number of nitrogens with one attached hydrogen (secondary N) is 4. The number of carboxylic acid groups (broad SMARTS) is 3. The zero-order chi connectivity index (χ0) is 25.9. The van der Waals surface area contributed by atoms with Gasteiger partial charge in [0.2, 0.25) is 23.6 Å². The molecule has 0 fully saturated rings. The summed E-state index contributed by atoms with van der Waals surface area (Å²) in [5.74, 6) is -7.42. The number of nitrogens with two attached hydrogens (primary N) is 1. The predicted octanol–water partition coefficient (Wildman–Crippen LogP) is -3.26. The van der Waals surface area contributed by atoms with Gasteiger partial charge in [0.15, 0.2) is 0 Å². The predicted molar refractivity (Wildman–Crippen MR) is 109 cm³/mol. The van der Waals surface area contributed by atoms with Crippen LogP contribution in [0, 0.1) is 0 Å². The van der Waals surface area contributed by atoms with E-state index in [1.54, 1.807) is 0 Å². The van der Waals surface area contributed by atoms with E-state index in [0.717, 1.165) is 0 Å². The normalized spacial score (nSPS) is 15.0. The number of carboxylic acids is 3. The van der Waals surface area contributed by atoms with Crippen molar-refractivity contribution in [2.45, 2.75) is 70.2 Å². The summed E-state index contributed by atoms with van der Waals surface area (Å²) < 4.78 is 0. The summed E-state index contributed by atoms with van der Waals surface area (Å²) in [6.45, 7) is 3.82. The number of hydrogen-bond donors (Lipinski definition) is 8. The van der Waals surface area contributed by atoms with Crippen molar-refractivity contribution in [3.05, 3.63) is 0 Å². The van der Waals surface area contributed by atoms with Crippen molar-refractivity contribution in [1.82, 2.24) is 21.3 Å². The molecule has 15 nitrogen and oxygen atoms in total. The van der Waals surface area contributed by atoms with Crippen LogP contribution in [0.2, 0.25) is 0 Å². The quantitative estimate of drug-likeness (QED) is 0.124. The minimum atomic E-state index is -1.70. The molecule has 0 aliphatic heterocycles. The summed E-state index contributed by atoms with van der Waals surface area (Å²) in [7, 11) is 0. The third kappa shape index (κ3) is 11.4. The van der Waals surface area contributed by atoms with Crippen LogP contribution in [0.5, 0.6) is 0 Å². The second kappa shape index (κ2) is 13.6. The van der Waals surface area contributed by atoms with Gasteiger partial charge in [-0.2, -0.15) is 0 Å². The molecule has 0 aromatic rings. The maximum atomic E-state index is 12.2. The molecule has 5 atom stereocenters. The largest absolute Gasteiger partial charge is 0.481 e. The number of hydrogen-bond acceptors (Lipinski definition) is 8. The monoisotopic (exact) mass is 475 g/mol. The fraction of sp³-hybridized carbons (Fsp3) is 0.611.